The Labute approximate surface area is 179 Å². The minimum absolute atomic E-state index is 0.106. The van der Waals surface area contributed by atoms with Crippen LogP contribution in [0.25, 0.3) is 0 Å². The number of allylic oxidation sites excluding steroid dienone is 5. The predicted molar refractivity (Wildman–Crippen MR) is 125 cm³/mol. The van der Waals surface area contributed by atoms with Crippen molar-refractivity contribution in [2.45, 2.75) is 112 Å². The molecule has 1 aliphatic carbocycles. The van der Waals surface area contributed by atoms with E-state index < -0.39 is 0 Å². The molecule has 29 heavy (non-hydrogen) atoms. The summed E-state index contributed by atoms with van der Waals surface area (Å²) >= 11 is 0. The summed E-state index contributed by atoms with van der Waals surface area (Å²) < 4.78 is 0. The van der Waals surface area contributed by atoms with Gasteiger partial charge in [-0.2, -0.15) is 0 Å². The Hall–Kier alpha value is -1.44. The molecule has 164 valence electrons. The fourth-order valence-electron chi connectivity index (χ4n) is 4.66. The average molecular weight is 401 g/mol. The minimum atomic E-state index is 0.106. The highest BCUT2D eigenvalue weighted by molar-refractivity contribution is 5.76. The van der Waals surface area contributed by atoms with E-state index in [2.05, 4.69) is 39.5 Å². The molecule has 0 heterocycles. The predicted octanol–water partition coefficient (Wildman–Crippen LogP) is 7.93. The number of carbonyl (C=O) groups is 2. The Morgan fingerprint density at radius 3 is 2.10 bits per heavy atom. The normalized spacial score (nSPS) is 16.6. The summed E-state index contributed by atoms with van der Waals surface area (Å²) in [4.78, 5) is 22.9. The maximum Gasteiger partial charge on any atom is 0.130 e. The zero-order chi connectivity index (χ0) is 21.9. The van der Waals surface area contributed by atoms with Crippen molar-refractivity contribution in [1.82, 2.24) is 0 Å². The third-order valence-corrected chi connectivity index (χ3v) is 6.29. The van der Waals surface area contributed by atoms with Crippen molar-refractivity contribution in [3.8, 4) is 0 Å². The standard InChI is InChI=1S/C27H44O2/c1-7-13-25(15-10-12-17-27(18-19-27)21-23(4)29)24(8-2)14-9-11-16-26(5,6)20-22(3)28/h7-8,13H,2,9-12,14-21H2,1,3-6H3/b13-7-,25-24-. The van der Waals surface area contributed by atoms with E-state index in [1.54, 1.807) is 13.8 Å². The molecule has 2 nitrogen and oxygen atoms in total. The summed E-state index contributed by atoms with van der Waals surface area (Å²) in [7, 11) is 0. The van der Waals surface area contributed by atoms with E-state index in [-0.39, 0.29) is 11.2 Å². The van der Waals surface area contributed by atoms with E-state index in [9.17, 15) is 9.59 Å². The quantitative estimate of drug-likeness (QED) is 0.195. The maximum absolute atomic E-state index is 11.4. The second kappa shape index (κ2) is 12.3. The van der Waals surface area contributed by atoms with Crippen LogP contribution in [0.1, 0.15) is 112 Å². The summed E-state index contributed by atoms with van der Waals surface area (Å²) in [5.74, 6) is 0.630. The van der Waals surface area contributed by atoms with Gasteiger partial charge in [-0.25, -0.2) is 0 Å². The van der Waals surface area contributed by atoms with Crippen molar-refractivity contribution >= 4 is 11.6 Å². The molecule has 0 aliphatic heterocycles. The van der Waals surface area contributed by atoms with E-state index in [1.807, 2.05) is 6.08 Å². The van der Waals surface area contributed by atoms with Gasteiger partial charge in [-0.3, -0.25) is 0 Å². The Morgan fingerprint density at radius 1 is 0.966 bits per heavy atom. The lowest BCUT2D eigenvalue weighted by atomic mass is 9.82. The summed E-state index contributed by atoms with van der Waals surface area (Å²) in [5, 5.41) is 0. The molecule has 0 amide bonds. The zero-order valence-corrected chi connectivity index (χ0v) is 19.7. The lowest BCUT2D eigenvalue weighted by Crippen LogP contribution is -2.15. The number of rotatable bonds is 16. The molecule has 0 bridgehead atoms. The molecular formula is C27H44O2. The number of hydrogen-bond donors (Lipinski definition) is 0. The lowest BCUT2D eigenvalue weighted by Gasteiger charge is -2.23. The Kier molecular flexibility index (Phi) is 10.9. The molecule has 0 aromatic rings. The summed E-state index contributed by atoms with van der Waals surface area (Å²) in [6.07, 6.45) is 19.5. The SMILES string of the molecule is C=C/C(CCCCC(C)(C)CC(C)=O)=C(\C=C/C)CCCCC1(CC(C)=O)CC1. The first kappa shape index (κ1) is 25.6. The molecule has 0 spiro atoms. The fraction of sp³-hybridized carbons (Fsp3) is 0.704. The van der Waals surface area contributed by atoms with Gasteiger partial charge in [0.25, 0.3) is 0 Å². The van der Waals surface area contributed by atoms with E-state index in [4.69, 9.17) is 0 Å². The molecule has 1 fully saturated rings. The van der Waals surface area contributed by atoms with E-state index in [1.165, 1.54) is 43.3 Å². The highest BCUT2D eigenvalue weighted by atomic mass is 16.1. The third kappa shape index (κ3) is 10.8. The van der Waals surface area contributed by atoms with Crippen LogP contribution in [-0.2, 0) is 9.59 Å². The second-order valence-electron chi connectivity index (χ2n) is 10.1. The molecule has 0 radical (unpaired) electrons. The second-order valence-corrected chi connectivity index (χ2v) is 10.1. The van der Waals surface area contributed by atoms with Crippen LogP contribution in [0.2, 0.25) is 0 Å². The van der Waals surface area contributed by atoms with Crippen molar-refractivity contribution in [2.24, 2.45) is 10.8 Å². The lowest BCUT2D eigenvalue weighted by molar-refractivity contribution is -0.119. The molecule has 1 saturated carbocycles. The van der Waals surface area contributed by atoms with Gasteiger partial charge in [-0.1, -0.05) is 51.5 Å². The van der Waals surface area contributed by atoms with Crippen LogP contribution in [0.3, 0.4) is 0 Å². The Balaban J connectivity index is 2.48. The van der Waals surface area contributed by atoms with Gasteiger partial charge >= 0.3 is 0 Å². The van der Waals surface area contributed by atoms with E-state index >= 15 is 0 Å². The molecule has 0 aromatic carbocycles. The van der Waals surface area contributed by atoms with E-state index in [0.29, 0.717) is 17.6 Å². The maximum atomic E-state index is 11.4. The Morgan fingerprint density at radius 2 is 1.59 bits per heavy atom. The van der Waals surface area contributed by atoms with Gasteiger partial charge in [0, 0.05) is 12.8 Å². The topological polar surface area (TPSA) is 34.1 Å². The number of Topliss-reactive ketones (excluding diaryl/α,β-unsaturated/α-hetero) is 2. The van der Waals surface area contributed by atoms with Crippen LogP contribution < -0.4 is 0 Å². The molecule has 0 N–H and O–H groups in total. The van der Waals surface area contributed by atoms with Crippen LogP contribution in [0.4, 0.5) is 0 Å². The van der Waals surface area contributed by atoms with Gasteiger partial charge in [-0.05, 0) is 94.1 Å². The average Bonchev–Trinajstić information content (AvgIpc) is 3.35. The van der Waals surface area contributed by atoms with Crippen LogP contribution in [0, 0.1) is 10.8 Å². The summed E-state index contributed by atoms with van der Waals surface area (Å²) in [6.45, 7) is 14.0. The van der Waals surface area contributed by atoms with Gasteiger partial charge in [0.2, 0.25) is 0 Å². The molecule has 0 atom stereocenters. The van der Waals surface area contributed by atoms with Crippen molar-refractivity contribution in [3.63, 3.8) is 0 Å². The molecule has 0 saturated heterocycles. The first-order valence-corrected chi connectivity index (χ1v) is 11.6. The largest absolute Gasteiger partial charge is 0.300 e. The van der Waals surface area contributed by atoms with Gasteiger partial charge in [0.1, 0.15) is 11.6 Å². The van der Waals surface area contributed by atoms with Crippen molar-refractivity contribution in [3.05, 3.63) is 36.0 Å². The molecule has 2 heteroatoms. The van der Waals surface area contributed by atoms with Crippen LogP contribution >= 0.6 is 0 Å². The molecule has 1 aliphatic rings. The highest BCUT2D eigenvalue weighted by Crippen LogP contribution is 2.53. The monoisotopic (exact) mass is 400 g/mol. The first-order chi connectivity index (χ1) is 13.6. The number of ketones is 2. The molecule has 1 rings (SSSR count). The van der Waals surface area contributed by atoms with E-state index in [0.717, 1.165) is 38.5 Å². The first-order valence-electron chi connectivity index (χ1n) is 11.6. The van der Waals surface area contributed by atoms with Crippen LogP contribution in [0.5, 0.6) is 0 Å². The van der Waals surface area contributed by atoms with Gasteiger partial charge in [0.15, 0.2) is 0 Å². The fourth-order valence-corrected chi connectivity index (χ4v) is 4.66. The van der Waals surface area contributed by atoms with Gasteiger partial charge < -0.3 is 9.59 Å². The van der Waals surface area contributed by atoms with Gasteiger partial charge in [0.05, 0.1) is 0 Å². The molecule has 0 unspecified atom stereocenters. The molecular weight excluding hydrogens is 356 g/mol. The van der Waals surface area contributed by atoms with Crippen molar-refractivity contribution < 1.29 is 9.59 Å². The summed E-state index contributed by atoms with van der Waals surface area (Å²) in [6, 6.07) is 0. The van der Waals surface area contributed by atoms with Crippen molar-refractivity contribution in [1.29, 1.82) is 0 Å². The number of unbranched alkanes of at least 4 members (excludes halogenated alkanes) is 2. The van der Waals surface area contributed by atoms with Crippen molar-refractivity contribution in [2.75, 3.05) is 0 Å². The zero-order valence-electron chi connectivity index (χ0n) is 19.7. The highest BCUT2D eigenvalue weighted by Gasteiger charge is 2.42. The summed E-state index contributed by atoms with van der Waals surface area (Å²) in [5.41, 5.74) is 3.25. The third-order valence-electron chi connectivity index (χ3n) is 6.29. The van der Waals surface area contributed by atoms with Crippen LogP contribution in [-0.4, -0.2) is 11.6 Å². The van der Waals surface area contributed by atoms with Gasteiger partial charge in [-0.15, -0.1) is 0 Å². The molecule has 0 aromatic heterocycles. The van der Waals surface area contributed by atoms with Crippen LogP contribution in [0.15, 0.2) is 36.0 Å². The number of carbonyl (C=O) groups excluding carboxylic acids is 2. The Bertz CT molecular complexity index is 614. The smallest absolute Gasteiger partial charge is 0.130 e. The number of hydrogen-bond acceptors (Lipinski definition) is 2. The minimum Gasteiger partial charge on any atom is -0.300 e.